The number of methoxy groups -OCH3 is 1. The Morgan fingerprint density at radius 1 is 1.31 bits per heavy atom. The summed E-state index contributed by atoms with van der Waals surface area (Å²) in [6, 6.07) is 4.15. The Labute approximate surface area is 94.7 Å². The summed E-state index contributed by atoms with van der Waals surface area (Å²) < 4.78 is 7.78. The van der Waals surface area contributed by atoms with Gasteiger partial charge in [-0.25, -0.2) is 0 Å². The molecule has 1 nitrogen and oxygen atoms in total. The number of halogens is 2. The average Bonchev–Trinajstić information content (AvgIpc) is 2.56. The van der Waals surface area contributed by atoms with Crippen molar-refractivity contribution in [2.24, 2.45) is 0 Å². The van der Waals surface area contributed by atoms with Crippen LogP contribution in [0.5, 0.6) is 0 Å². The van der Waals surface area contributed by atoms with Gasteiger partial charge in [0.05, 0.1) is 6.10 Å². The number of ether oxygens (including phenoxy) is 1. The number of fused-ring (bicyclic) bond motifs is 1. The standard InChI is InChI=1S/C10H10Br2O/c1-13-9-5-2-6-7(11)3-4-8(12)10(6)9/h3-4,9H,2,5H2,1H3. The van der Waals surface area contributed by atoms with Gasteiger partial charge in [-0.15, -0.1) is 0 Å². The Morgan fingerprint density at radius 3 is 2.69 bits per heavy atom. The Morgan fingerprint density at radius 2 is 2.00 bits per heavy atom. The molecular formula is C10H10Br2O. The second-order valence-corrected chi connectivity index (χ2v) is 4.89. The molecule has 0 heterocycles. The molecule has 1 atom stereocenters. The molecule has 0 saturated heterocycles. The molecule has 0 saturated carbocycles. The van der Waals surface area contributed by atoms with Crippen LogP contribution in [-0.4, -0.2) is 7.11 Å². The van der Waals surface area contributed by atoms with Crippen molar-refractivity contribution in [3.8, 4) is 0 Å². The van der Waals surface area contributed by atoms with Crippen molar-refractivity contribution in [3.63, 3.8) is 0 Å². The van der Waals surface area contributed by atoms with Crippen LogP contribution in [-0.2, 0) is 11.2 Å². The van der Waals surface area contributed by atoms with Crippen molar-refractivity contribution in [2.45, 2.75) is 18.9 Å². The molecule has 1 aliphatic rings. The molecule has 1 aliphatic carbocycles. The summed E-state index contributed by atoms with van der Waals surface area (Å²) >= 11 is 7.12. The molecule has 1 aromatic carbocycles. The van der Waals surface area contributed by atoms with Crippen LogP contribution in [0.15, 0.2) is 21.1 Å². The fourth-order valence-corrected chi connectivity index (χ4v) is 3.04. The first-order valence-electron chi connectivity index (χ1n) is 4.23. The Bertz CT molecular complexity index is 336. The molecule has 1 aromatic rings. The van der Waals surface area contributed by atoms with Gasteiger partial charge in [-0.1, -0.05) is 31.9 Å². The van der Waals surface area contributed by atoms with E-state index in [1.165, 1.54) is 15.6 Å². The predicted molar refractivity (Wildman–Crippen MR) is 59.9 cm³/mol. The zero-order valence-electron chi connectivity index (χ0n) is 7.31. The van der Waals surface area contributed by atoms with Gasteiger partial charge in [0, 0.05) is 16.1 Å². The Balaban J connectivity index is 2.55. The smallest absolute Gasteiger partial charge is 0.0838 e. The predicted octanol–water partition coefficient (Wildman–Crippen LogP) is 3.85. The Kier molecular flexibility index (Phi) is 2.77. The third-order valence-electron chi connectivity index (χ3n) is 2.51. The number of rotatable bonds is 1. The normalized spacial score (nSPS) is 20.4. The highest BCUT2D eigenvalue weighted by atomic mass is 79.9. The molecule has 0 radical (unpaired) electrons. The summed E-state index contributed by atoms with van der Waals surface area (Å²) in [5, 5.41) is 0. The molecule has 0 aliphatic heterocycles. The number of hydrogen-bond donors (Lipinski definition) is 0. The highest BCUT2D eigenvalue weighted by Gasteiger charge is 2.26. The van der Waals surface area contributed by atoms with Crippen molar-refractivity contribution in [2.75, 3.05) is 7.11 Å². The van der Waals surface area contributed by atoms with Crippen molar-refractivity contribution in [1.29, 1.82) is 0 Å². The lowest BCUT2D eigenvalue weighted by Gasteiger charge is -2.11. The summed E-state index contributed by atoms with van der Waals surface area (Å²) in [5.41, 5.74) is 2.71. The van der Waals surface area contributed by atoms with Crippen molar-refractivity contribution >= 4 is 31.9 Å². The van der Waals surface area contributed by atoms with E-state index in [2.05, 4.69) is 44.0 Å². The van der Waals surface area contributed by atoms with Crippen molar-refractivity contribution in [1.82, 2.24) is 0 Å². The summed E-state index contributed by atoms with van der Waals surface area (Å²) in [5.74, 6) is 0. The van der Waals surface area contributed by atoms with E-state index in [0.29, 0.717) is 0 Å². The lowest BCUT2D eigenvalue weighted by molar-refractivity contribution is 0.104. The fraction of sp³-hybridized carbons (Fsp3) is 0.400. The molecule has 13 heavy (non-hydrogen) atoms. The molecule has 0 N–H and O–H groups in total. The first kappa shape index (κ1) is 9.69. The molecule has 3 heteroatoms. The van der Waals surface area contributed by atoms with Crippen molar-refractivity contribution < 1.29 is 4.74 Å². The van der Waals surface area contributed by atoms with E-state index in [1.807, 2.05) is 0 Å². The van der Waals surface area contributed by atoms with E-state index in [0.717, 1.165) is 17.3 Å². The summed E-state index contributed by atoms with van der Waals surface area (Å²) in [6.07, 6.45) is 2.46. The maximum Gasteiger partial charge on any atom is 0.0838 e. The molecule has 1 unspecified atom stereocenters. The second kappa shape index (κ2) is 3.71. The third kappa shape index (κ3) is 1.58. The summed E-state index contributed by atoms with van der Waals surface area (Å²) in [6.45, 7) is 0. The van der Waals surface area contributed by atoms with Crippen LogP contribution in [0, 0.1) is 0 Å². The van der Waals surface area contributed by atoms with Gasteiger partial charge in [-0.3, -0.25) is 0 Å². The van der Waals surface area contributed by atoms with Crippen LogP contribution in [0.3, 0.4) is 0 Å². The molecule has 70 valence electrons. The molecule has 0 amide bonds. The second-order valence-electron chi connectivity index (χ2n) is 3.18. The molecule has 0 fully saturated rings. The molecule has 0 spiro atoms. The van der Waals surface area contributed by atoms with Crippen LogP contribution in [0.1, 0.15) is 23.7 Å². The average molecular weight is 306 g/mol. The Hall–Kier alpha value is 0.140. The van der Waals surface area contributed by atoms with E-state index < -0.39 is 0 Å². The minimum atomic E-state index is 0.266. The van der Waals surface area contributed by atoms with Gasteiger partial charge in [0.15, 0.2) is 0 Å². The van der Waals surface area contributed by atoms with Gasteiger partial charge in [0.25, 0.3) is 0 Å². The van der Waals surface area contributed by atoms with Gasteiger partial charge in [0.1, 0.15) is 0 Å². The molecule has 2 rings (SSSR count). The third-order valence-corrected chi connectivity index (χ3v) is 3.94. The van der Waals surface area contributed by atoms with Gasteiger partial charge in [-0.05, 0) is 36.1 Å². The highest BCUT2D eigenvalue weighted by Crippen LogP contribution is 2.41. The first-order chi connectivity index (χ1) is 6.24. The van der Waals surface area contributed by atoms with E-state index in [-0.39, 0.29) is 6.10 Å². The highest BCUT2D eigenvalue weighted by molar-refractivity contribution is 9.11. The lowest BCUT2D eigenvalue weighted by atomic mass is 10.1. The monoisotopic (exact) mass is 304 g/mol. The van der Waals surface area contributed by atoms with Gasteiger partial charge >= 0.3 is 0 Å². The number of hydrogen-bond acceptors (Lipinski definition) is 1. The molecular weight excluding hydrogens is 296 g/mol. The summed E-state index contributed by atoms with van der Waals surface area (Å²) in [7, 11) is 1.77. The van der Waals surface area contributed by atoms with Crippen LogP contribution in [0.25, 0.3) is 0 Å². The van der Waals surface area contributed by atoms with Crippen LogP contribution < -0.4 is 0 Å². The van der Waals surface area contributed by atoms with E-state index in [9.17, 15) is 0 Å². The SMILES string of the molecule is COC1CCc2c(Br)ccc(Br)c21. The largest absolute Gasteiger partial charge is 0.377 e. The lowest BCUT2D eigenvalue weighted by Crippen LogP contribution is -1.96. The fourth-order valence-electron chi connectivity index (χ4n) is 1.87. The molecule has 0 aromatic heterocycles. The minimum Gasteiger partial charge on any atom is -0.377 e. The van der Waals surface area contributed by atoms with E-state index >= 15 is 0 Å². The van der Waals surface area contributed by atoms with Crippen LogP contribution in [0.4, 0.5) is 0 Å². The van der Waals surface area contributed by atoms with Crippen LogP contribution in [0.2, 0.25) is 0 Å². The first-order valence-corrected chi connectivity index (χ1v) is 5.82. The minimum absolute atomic E-state index is 0.266. The van der Waals surface area contributed by atoms with E-state index in [4.69, 9.17) is 4.74 Å². The zero-order valence-corrected chi connectivity index (χ0v) is 10.5. The maximum absolute atomic E-state index is 5.42. The van der Waals surface area contributed by atoms with Crippen LogP contribution >= 0.6 is 31.9 Å². The van der Waals surface area contributed by atoms with E-state index in [1.54, 1.807) is 7.11 Å². The van der Waals surface area contributed by atoms with Crippen molar-refractivity contribution in [3.05, 3.63) is 32.2 Å². The molecule has 0 bridgehead atoms. The van der Waals surface area contributed by atoms with Gasteiger partial charge in [-0.2, -0.15) is 0 Å². The number of benzene rings is 1. The van der Waals surface area contributed by atoms with Gasteiger partial charge < -0.3 is 4.74 Å². The van der Waals surface area contributed by atoms with Gasteiger partial charge in [0.2, 0.25) is 0 Å². The zero-order chi connectivity index (χ0) is 9.42. The topological polar surface area (TPSA) is 9.23 Å². The maximum atomic E-state index is 5.42. The summed E-state index contributed by atoms with van der Waals surface area (Å²) in [4.78, 5) is 0. The quantitative estimate of drug-likeness (QED) is 0.766.